The predicted octanol–water partition coefficient (Wildman–Crippen LogP) is 2.21. The van der Waals surface area contributed by atoms with Gasteiger partial charge in [0.25, 0.3) is 0 Å². The number of hydrogen-bond acceptors (Lipinski definition) is 5. The maximum absolute atomic E-state index is 10.9. The van der Waals surface area contributed by atoms with Gasteiger partial charge in [-0.15, -0.1) is 0 Å². The molecule has 6 nitrogen and oxygen atoms in total. The summed E-state index contributed by atoms with van der Waals surface area (Å²) in [6.45, 7) is 3.76. The number of β-amino-alcohol motifs (C(OH)–C–C–N with tert-alkyl or cyclic N) is 1. The molecule has 1 aliphatic rings. The van der Waals surface area contributed by atoms with Gasteiger partial charge in [-0.1, -0.05) is 18.6 Å². The van der Waals surface area contributed by atoms with Crippen LogP contribution < -0.4 is 4.74 Å². The number of nitro benzene ring substituents is 1. The predicted molar refractivity (Wildman–Crippen MR) is 79.5 cm³/mol. The Morgan fingerprint density at radius 2 is 2.24 bits per heavy atom. The third kappa shape index (κ3) is 4.41. The fourth-order valence-electron chi connectivity index (χ4n) is 2.67. The normalized spacial score (nSPS) is 21.0. The number of nitrogens with zero attached hydrogens (tertiary/aromatic N) is 2. The van der Waals surface area contributed by atoms with Crippen LogP contribution in [0.1, 0.15) is 26.2 Å². The molecule has 21 heavy (non-hydrogen) atoms. The minimum Gasteiger partial charge on any atom is -0.484 e. The number of aliphatic hydroxyl groups excluding tert-OH is 1. The molecule has 1 heterocycles. The molecule has 1 aromatic carbocycles. The summed E-state index contributed by atoms with van der Waals surface area (Å²) in [4.78, 5) is 12.7. The number of benzene rings is 1. The zero-order valence-electron chi connectivity index (χ0n) is 12.3. The summed E-state index contributed by atoms with van der Waals surface area (Å²) in [7, 11) is 0. The van der Waals surface area contributed by atoms with Gasteiger partial charge in [-0.05, 0) is 32.4 Å². The maximum Gasteiger partial charge on any atom is 0.310 e. The lowest BCUT2D eigenvalue weighted by molar-refractivity contribution is -0.385. The first-order chi connectivity index (χ1) is 10.1. The second-order valence-electron chi connectivity index (χ2n) is 5.53. The number of rotatable bonds is 6. The van der Waals surface area contributed by atoms with Crippen molar-refractivity contribution in [1.29, 1.82) is 0 Å². The van der Waals surface area contributed by atoms with Crippen molar-refractivity contribution in [2.45, 2.75) is 38.3 Å². The van der Waals surface area contributed by atoms with Gasteiger partial charge in [0.05, 0.1) is 4.92 Å². The quantitative estimate of drug-likeness (QED) is 0.643. The first-order valence-corrected chi connectivity index (χ1v) is 7.36. The molecule has 1 aromatic rings. The van der Waals surface area contributed by atoms with Crippen LogP contribution in [0, 0.1) is 10.1 Å². The number of nitro groups is 1. The molecule has 0 bridgehead atoms. The van der Waals surface area contributed by atoms with Crippen molar-refractivity contribution in [1.82, 2.24) is 4.90 Å². The van der Waals surface area contributed by atoms with Gasteiger partial charge in [-0.3, -0.25) is 15.0 Å². The van der Waals surface area contributed by atoms with Gasteiger partial charge < -0.3 is 9.84 Å². The first kappa shape index (κ1) is 15.7. The topological polar surface area (TPSA) is 75.8 Å². The van der Waals surface area contributed by atoms with Gasteiger partial charge in [0.15, 0.2) is 5.75 Å². The van der Waals surface area contributed by atoms with Crippen molar-refractivity contribution >= 4 is 5.69 Å². The lowest BCUT2D eigenvalue weighted by Crippen LogP contribution is -2.43. The Labute approximate surface area is 124 Å². The zero-order chi connectivity index (χ0) is 15.2. The lowest BCUT2D eigenvalue weighted by atomic mass is 10.0. The Hall–Kier alpha value is -1.66. The SMILES string of the molecule is C[C@@H]1CCCCN1C[C@@H](O)COc1ccccc1[N+](=O)[O-]. The molecule has 0 saturated carbocycles. The molecule has 1 aliphatic heterocycles. The van der Waals surface area contributed by atoms with Crippen LogP contribution in [0.4, 0.5) is 5.69 Å². The second-order valence-corrected chi connectivity index (χ2v) is 5.53. The summed E-state index contributed by atoms with van der Waals surface area (Å²) in [5, 5.41) is 21.0. The van der Waals surface area contributed by atoms with E-state index in [9.17, 15) is 15.2 Å². The molecule has 6 heteroatoms. The van der Waals surface area contributed by atoms with E-state index in [0.29, 0.717) is 12.6 Å². The molecule has 116 valence electrons. The van der Waals surface area contributed by atoms with Gasteiger partial charge in [0, 0.05) is 18.7 Å². The van der Waals surface area contributed by atoms with Crippen molar-refractivity contribution in [3.63, 3.8) is 0 Å². The minimum atomic E-state index is -0.648. The van der Waals surface area contributed by atoms with Crippen LogP contribution in [0.15, 0.2) is 24.3 Å². The van der Waals surface area contributed by atoms with Crippen LogP contribution in [0.5, 0.6) is 5.75 Å². The highest BCUT2D eigenvalue weighted by molar-refractivity contribution is 5.45. The second kappa shape index (κ2) is 7.38. The Kier molecular flexibility index (Phi) is 5.52. The number of ether oxygens (including phenoxy) is 1. The lowest BCUT2D eigenvalue weighted by Gasteiger charge is -2.34. The summed E-state index contributed by atoms with van der Waals surface area (Å²) in [6.07, 6.45) is 2.89. The average molecular weight is 294 g/mol. The molecule has 1 N–H and O–H groups in total. The molecule has 0 aromatic heterocycles. The molecular weight excluding hydrogens is 272 g/mol. The smallest absolute Gasteiger partial charge is 0.310 e. The molecule has 0 unspecified atom stereocenters. The van der Waals surface area contributed by atoms with Crippen LogP contribution in [-0.4, -0.2) is 46.8 Å². The van der Waals surface area contributed by atoms with E-state index in [4.69, 9.17) is 4.74 Å². The highest BCUT2D eigenvalue weighted by atomic mass is 16.6. The van der Waals surface area contributed by atoms with E-state index in [0.717, 1.165) is 19.4 Å². The largest absolute Gasteiger partial charge is 0.484 e. The Morgan fingerprint density at radius 1 is 1.48 bits per heavy atom. The number of likely N-dealkylation sites (tertiary alicyclic amines) is 1. The van der Waals surface area contributed by atoms with Crippen molar-refractivity contribution in [3.8, 4) is 5.75 Å². The average Bonchev–Trinajstić information content (AvgIpc) is 2.48. The third-order valence-electron chi connectivity index (χ3n) is 3.88. The fourth-order valence-corrected chi connectivity index (χ4v) is 2.67. The van der Waals surface area contributed by atoms with Crippen molar-refractivity contribution in [3.05, 3.63) is 34.4 Å². The van der Waals surface area contributed by atoms with Crippen LogP contribution >= 0.6 is 0 Å². The van der Waals surface area contributed by atoms with Gasteiger partial charge in [-0.2, -0.15) is 0 Å². The number of hydrogen-bond donors (Lipinski definition) is 1. The van der Waals surface area contributed by atoms with Crippen LogP contribution in [0.25, 0.3) is 0 Å². The highest BCUT2D eigenvalue weighted by Gasteiger charge is 2.22. The fraction of sp³-hybridized carbons (Fsp3) is 0.600. The Balaban J connectivity index is 1.86. The summed E-state index contributed by atoms with van der Waals surface area (Å²) < 4.78 is 5.42. The van der Waals surface area contributed by atoms with Crippen LogP contribution in [0.2, 0.25) is 0 Å². The molecule has 0 spiro atoms. The molecule has 1 fully saturated rings. The summed E-state index contributed by atoms with van der Waals surface area (Å²) in [5.41, 5.74) is -0.0731. The summed E-state index contributed by atoms with van der Waals surface area (Å²) in [6, 6.07) is 6.69. The van der Waals surface area contributed by atoms with Crippen LogP contribution in [0.3, 0.4) is 0 Å². The van der Waals surface area contributed by atoms with Gasteiger partial charge >= 0.3 is 5.69 Å². The summed E-state index contributed by atoms with van der Waals surface area (Å²) >= 11 is 0. The molecule has 2 rings (SSSR count). The van der Waals surface area contributed by atoms with Gasteiger partial charge in [-0.25, -0.2) is 0 Å². The van der Waals surface area contributed by atoms with E-state index >= 15 is 0 Å². The Bertz CT molecular complexity index is 480. The van der Waals surface area contributed by atoms with E-state index in [1.807, 2.05) is 0 Å². The molecule has 0 radical (unpaired) electrons. The van der Waals surface area contributed by atoms with Gasteiger partial charge in [0.2, 0.25) is 0 Å². The standard InChI is InChI=1S/C15H22N2O4/c1-12-6-4-5-9-16(12)10-13(18)11-21-15-8-3-2-7-14(15)17(19)20/h2-3,7-8,12-13,18H,4-6,9-11H2,1H3/t12-,13-/m1/s1. The van der Waals surface area contributed by atoms with E-state index in [2.05, 4.69) is 11.8 Å². The van der Waals surface area contributed by atoms with Gasteiger partial charge in [0.1, 0.15) is 12.7 Å². The van der Waals surface area contributed by atoms with E-state index in [1.165, 1.54) is 12.5 Å². The number of para-hydroxylation sites is 2. The van der Waals surface area contributed by atoms with E-state index in [-0.39, 0.29) is 18.0 Å². The third-order valence-corrected chi connectivity index (χ3v) is 3.88. The Morgan fingerprint density at radius 3 is 2.95 bits per heavy atom. The zero-order valence-corrected chi connectivity index (χ0v) is 12.3. The molecular formula is C15H22N2O4. The molecule has 0 aliphatic carbocycles. The molecule has 0 amide bonds. The molecule has 1 saturated heterocycles. The monoisotopic (exact) mass is 294 g/mol. The van der Waals surface area contributed by atoms with Crippen molar-refractivity contribution in [2.75, 3.05) is 19.7 Å². The minimum absolute atomic E-state index is 0.0636. The summed E-state index contributed by atoms with van der Waals surface area (Å²) in [5.74, 6) is 0.202. The number of piperidine rings is 1. The van der Waals surface area contributed by atoms with Crippen LogP contribution in [-0.2, 0) is 0 Å². The maximum atomic E-state index is 10.9. The van der Waals surface area contributed by atoms with Crippen molar-refractivity contribution in [2.24, 2.45) is 0 Å². The molecule has 2 atom stereocenters. The first-order valence-electron chi connectivity index (χ1n) is 7.36. The van der Waals surface area contributed by atoms with E-state index < -0.39 is 11.0 Å². The number of aliphatic hydroxyl groups is 1. The highest BCUT2D eigenvalue weighted by Crippen LogP contribution is 2.26. The van der Waals surface area contributed by atoms with E-state index in [1.54, 1.807) is 18.2 Å². The van der Waals surface area contributed by atoms with Crippen molar-refractivity contribution < 1.29 is 14.8 Å².